The van der Waals surface area contributed by atoms with Crippen molar-refractivity contribution in [1.29, 1.82) is 0 Å². The molecule has 0 aliphatic carbocycles. The number of hydrogen-bond donors (Lipinski definition) is 0. The lowest BCUT2D eigenvalue weighted by atomic mass is 10.2. The summed E-state index contributed by atoms with van der Waals surface area (Å²) >= 11 is 1.17. The van der Waals surface area contributed by atoms with Crippen LogP contribution < -0.4 is 0 Å². The molecule has 0 saturated carbocycles. The lowest BCUT2D eigenvalue weighted by molar-refractivity contribution is 0.0670. The van der Waals surface area contributed by atoms with E-state index in [9.17, 15) is 4.79 Å². The molecule has 0 aliphatic heterocycles. The van der Waals surface area contributed by atoms with Crippen LogP contribution in [-0.2, 0) is 6.54 Å². The molecule has 1 amide bonds. The fraction of sp³-hybridized carbons (Fsp3) is 0.364. The lowest BCUT2D eigenvalue weighted by Crippen LogP contribution is -2.36. The topological polar surface area (TPSA) is 59.2 Å². The number of furan rings is 1. The normalized spacial score (nSPS) is 10.8. The molecule has 6 heteroatoms. The molecular formula is C11H13N3O2S. The second-order valence-electron chi connectivity index (χ2n) is 3.90. The molecule has 0 saturated heterocycles. The Bertz CT molecular complexity index is 465. The number of hydrogen-bond acceptors (Lipinski definition) is 5. The number of aromatic nitrogens is 2. The van der Waals surface area contributed by atoms with Crippen LogP contribution in [0.4, 0.5) is 0 Å². The number of nitrogens with zero attached hydrogens (tertiary/aromatic N) is 3. The third kappa shape index (κ3) is 2.71. The maximum atomic E-state index is 12.2. The van der Waals surface area contributed by atoms with Crippen LogP contribution in [0.2, 0.25) is 0 Å². The molecular weight excluding hydrogens is 238 g/mol. The van der Waals surface area contributed by atoms with Crippen molar-refractivity contribution in [2.24, 2.45) is 0 Å². The van der Waals surface area contributed by atoms with Gasteiger partial charge in [0.25, 0.3) is 5.91 Å². The lowest BCUT2D eigenvalue weighted by Gasteiger charge is -2.24. The van der Waals surface area contributed by atoms with E-state index in [0.717, 1.165) is 5.76 Å². The Kier molecular flexibility index (Phi) is 3.53. The fourth-order valence-electron chi connectivity index (χ4n) is 1.46. The summed E-state index contributed by atoms with van der Waals surface area (Å²) in [7, 11) is 0. The van der Waals surface area contributed by atoms with Crippen LogP contribution in [0.3, 0.4) is 0 Å². The molecule has 5 nitrogen and oxygen atoms in total. The molecule has 0 radical (unpaired) electrons. The SMILES string of the molecule is CC(C)N(Cc1ccco1)C(=O)c1csnn1. The number of amides is 1. The molecule has 0 aliphatic rings. The molecule has 2 rings (SSSR count). The molecule has 0 N–H and O–H groups in total. The molecule has 0 fully saturated rings. The average Bonchev–Trinajstić information content (AvgIpc) is 2.97. The van der Waals surface area contributed by atoms with Gasteiger partial charge in [-0.3, -0.25) is 4.79 Å². The Morgan fingerprint density at radius 3 is 2.94 bits per heavy atom. The van der Waals surface area contributed by atoms with Crippen LogP contribution in [0.5, 0.6) is 0 Å². The first-order valence-corrected chi connectivity index (χ1v) is 6.12. The maximum Gasteiger partial charge on any atom is 0.275 e. The van der Waals surface area contributed by atoms with E-state index < -0.39 is 0 Å². The van der Waals surface area contributed by atoms with Crippen molar-refractivity contribution >= 4 is 17.4 Å². The highest BCUT2D eigenvalue weighted by Crippen LogP contribution is 2.13. The first-order chi connectivity index (χ1) is 8.18. The van der Waals surface area contributed by atoms with Crippen molar-refractivity contribution in [2.75, 3.05) is 0 Å². The highest BCUT2D eigenvalue weighted by atomic mass is 32.1. The number of carbonyl (C=O) groups is 1. The van der Waals surface area contributed by atoms with Crippen LogP contribution >= 0.6 is 11.5 Å². The summed E-state index contributed by atoms with van der Waals surface area (Å²) in [5.74, 6) is 0.639. The summed E-state index contributed by atoms with van der Waals surface area (Å²) in [5, 5.41) is 5.45. The van der Waals surface area contributed by atoms with Crippen molar-refractivity contribution in [1.82, 2.24) is 14.5 Å². The number of rotatable bonds is 4. The minimum absolute atomic E-state index is 0.0781. The van der Waals surface area contributed by atoms with Gasteiger partial charge in [0.05, 0.1) is 12.8 Å². The van der Waals surface area contributed by atoms with E-state index in [0.29, 0.717) is 12.2 Å². The summed E-state index contributed by atoms with van der Waals surface area (Å²) in [6.07, 6.45) is 1.60. The second kappa shape index (κ2) is 5.09. The zero-order chi connectivity index (χ0) is 12.3. The zero-order valence-corrected chi connectivity index (χ0v) is 10.5. The molecule has 2 aromatic rings. The summed E-state index contributed by atoms with van der Waals surface area (Å²) < 4.78 is 8.96. The van der Waals surface area contributed by atoms with Gasteiger partial charge in [0, 0.05) is 11.4 Å². The van der Waals surface area contributed by atoms with E-state index in [1.54, 1.807) is 16.5 Å². The van der Waals surface area contributed by atoms with Gasteiger partial charge < -0.3 is 9.32 Å². The van der Waals surface area contributed by atoms with E-state index in [2.05, 4.69) is 9.59 Å². The first-order valence-electron chi connectivity index (χ1n) is 5.29. The largest absolute Gasteiger partial charge is 0.467 e. The van der Waals surface area contributed by atoms with Crippen molar-refractivity contribution in [2.45, 2.75) is 26.4 Å². The van der Waals surface area contributed by atoms with Crippen LogP contribution in [0, 0.1) is 0 Å². The summed E-state index contributed by atoms with van der Waals surface area (Å²) in [6, 6.07) is 3.74. The van der Waals surface area contributed by atoms with E-state index in [4.69, 9.17) is 4.42 Å². The third-order valence-electron chi connectivity index (χ3n) is 2.37. The standard InChI is InChI=1S/C11H13N3O2S/c1-8(2)14(6-9-4-3-5-16-9)11(15)10-7-17-13-12-10/h3-5,7-8H,6H2,1-2H3. The summed E-state index contributed by atoms with van der Waals surface area (Å²) in [6.45, 7) is 4.36. The van der Waals surface area contributed by atoms with Gasteiger partial charge in [0.2, 0.25) is 0 Å². The quantitative estimate of drug-likeness (QED) is 0.835. The van der Waals surface area contributed by atoms with E-state index in [-0.39, 0.29) is 11.9 Å². The van der Waals surface area contributed by atoms with Crippen molar-refractivity contribution in [3.05, 3.63) is 35.2 Å². The monoisotopic (exact) mass is 251 g/mol. The first kappa shape index (κ1) is 11.8. The van der Waals surface area contributed by atoms with Crippen LogP contribution in [0.25, 0.3) is 0 Å². The third-order valence-corrected chi connectivity index (χ3v) is 2.87. The van der Waals surface area contributed by atoms with Gasteiger partial charge in [0.15, 0.2) is 5.69 Å². The van der Waals surface area contributed by atoms with Gasteiger partial charge in [-0.1, -0.05) is 4.49 Å². The fourth-order valence-corrected chi connectivity index (χ4v) is 1.89. The van der Waals surface area contributed by atoms with E-state index in [1.807, 2.05) is 26.0 Å². The highest BCUT2D eigenvalue weighted by Gasteiger charge is 2.21. The van der Waals surface area contributed by atoms with Gasteiger partial charge in [-0.2, -0.15) is 0 Å². The van der Waals surface area contributed by atoms with Crippen LogP contribution in [0.15, 0.2) is 28.2 Å². The van der Waals surface area contributed by atoms with Gasteiger partial charge in [-0.15, -0.1) is 5.10 Å². The Balaban J connectivity index is 2.15. The average molecular weight is 251 g/mol. The van der Waals surface area contributed by atoms with Gasteiger partial charge in [0.1, 0.15) is 5.76 Å². The molecule has 0 aromatic carbocycles. The van der Waals surface area contributed by atoms with Gasteiger partial charge in [-0.25, -0.2) is 0 Å². The predicted octanol–water partition coefficient (Wildman–Crippen LogP) is 2.18. The van der Waals surface area contributed by atoms with Crippen molar-refractivity contribution in [3.8, 4) is 0 Å². The minimum Gasteiger partial charge on any atom is -0.467 e. The van der Waals surface area contributed by atoms with Gasteiger partial charge >= 0.3 is 0 Å². The molecule has 90 valence electrons. The summed E-state index contributed by atoms with van der Waals surface area (Å²) in [4.78, 5) is 13.9. The van der Waals surface area contributed by atoms with E-state index >= 15 is 0 Å². The second-order valence-corrected chi connectivity index (χ2v) is 4.51. The molecule has 0 spiro atoms. The minimum atomic E-state index is -0.120. The molecule has 2 aromatic heterocycles. The number of carbonyl (C=O) groups excluding carboxylic acids is 1. The molecule has 2 heterocycles. The summed E-state index contributed by atoms with van der Waals surface area (Å²) in [5.41, 5.74) is 0.384. The molecule has 0 atom stereocenters. The van der Waals surface area contributed by atoms with E-state index in [1.165, 1.54) is 11.5 Å². The molecule has 0 bridgehead atoms. The molecule has 0 unspecified atom stereocenters. The van der Waals surface area contributed by atoms with Crippen LogP contribution in [-0.4, -0.2) is 26.4 Å². The van der Waals surface area contributed by atoms with Crippen molar-refractivity contribution in [3.63, 3.8) is 0 Å². The predicted molar refractivity (Wildman–Crippen MR) is 63.6 cm³/mol. The van der Waals surface area contributed by atoms with Gasteiger partial charge in [-0.05, 0) is 37.5 Å². The Morgan fingerprint density at radius 2 is 2.41 bits per heavy atom. The Labute approximate surface area is 103 Å². The Morgan fingerprint density at radius 1 is 1.59 bits per heavy atom. The highest BCUT2D eigenvalue weighted by molar-refractivity contribution is 7.03. The molecule has 17 heavy (non-hydrogen) atoms. The maximum absolute atomic E-state index is 12.2. The van der Waals surface area contributed by atoms with Crippen LogP contribution in [0.1, 0.15) is 30.1 Å². The Hall–Kier alpha value is -1.69. The smallest absolute Gasteiger partial charge is 0.275 e. The van der Waals surface area contributed by atoms with Crippen molar-refractivity contribution < 1.29 is 9.21 Å². The zero-order valence-electron chi connectivity index (χ0n) is 9.66.